The fraction of sp³-hybridized carbons (Fsp3) is 0.0714. The van der Waals surface area contributed by atoms with E-state index in [1.165, 1.54) is 17.1 Å². The third-order valence-corrected chi connectivity index (χ3v) is 3.11. The summed E-state index contributed by atoms with van der Waals surface area (Å²) in [6.07, 6.45) is 1.83. The average molecular weight is 228 g/mol. The van der Waals surface area contributed by atoms with Gasteiger partial charge in [-0.3, -0.25) is 4.79 Å². The molecule has 2 aromatic carbocycles. The Morgan fingerprint density at radius 2 is 2.06 bits per heavy atom. The highest BCUT2D eigenvalue weighted by atomic mass is 32.2. The molecule has 0 aromatic heterocycles. The van der Waals surface area contributed by atoms with Crippen molar-refractivity contribution in [1.29, 1.82) is 0 Å². The molecule has 0 saturated carbocycles. The minimum Gasteiger partial charge on any atom is -0.287 e. The zero-order valence-electron chi connectivity index (χ0n) is 9.07. The van der Waals surface area contributed by atoms with E-state index in [2.05, 4.69) is 12.6 Å². The van der Waals surface area contributed by atoms with E-state index in [4.69, 9.17) is 0 Å². The summed E-state index contributed by atoms with van der Waals surface area (Å²) in [6.45, 7) is 5.38. The standard InChI is InChI=1S/C14H12OS/c1-3-11-8-13(16-10(2)15)9-12-6-4-5-7-14(11)12/h3-9H,1H2,2H3. The summed E-state index contributed by atoms with van der Waals surface area (Å²) in [6, 6.07) is 12.2. The van der Waals surface area contributed by atoms with Gasteiger partial charge < -0.3 is 0 Å². The van der Waals surface area contributed by atoms with Crippen molar-refractivity contribution < 1.29 is 4.79 Å². The van der Waals surface area contributed by atoms with Gasteiger partial charge in [0.05, 0.1) is 0 Å². The zero-order chi connectivity index (χ0) is 11.5. The maximum absolute atomic E-state index is 11.1. The SMILES string of the molecule is C=Cc1cc(SC(C)=O)cc2ccccc12. The number of carbonyl (C=O) groups is 1. The minimum absolute atomic E-state index is 0.102. The van der Waals surface area contributed by atoms with Crippen molar-refractivity contribution in [3.8, 4) is 0 Å². The van der Waals surface area contributed by atoms with Crippen LogP contribution < -0.4 is 0 Å². The van der Waals surface area contributed by atoms with E-state index in [-0.39, 0.29) is 5.12 Å². The van der Waals surface area contributed by atoms with Crippen molar-refractivity contribution in [2.45, 2.75) is 11.8 Å². The van der Waals surface area contributed by atoms with Gasteiger partial charge in [0, 0.05) is 11.8 Å². The maximum Gasteiger partial charge on any atom is 0.190 e. The first-order chi connectivity index (χ1) is 7.70. The van der Waals surface area contributed by atoms with Crippen LogP contribution in [0.1, 0.15) is 12.5 Å². The fourth-order valence-electron chi connectivity index (χ4n) is 1.71. The van der Waals surface area contributed by atoms with Crippen LogP contribution in [0.3, 0.4) is 0 Å². The van der Waals surface area contributed by atoms with Crippen molar-refractivity contribution in [2.75, 3.05) is 0 Å². The smallest absolute Gasteiger partial charge is 0.190 e. The third kappa shape index (κ3) is 2.17. The van der Waals surface area contributed by atoms with Gasteiger partial charge in [0.25, 0.3) is 0 Å². The highest BCUT2D eigenvalue weighted by Crippen LogP contribution is 2.28. The lowest BCUT2D eigenvalue weighted by Crippen LogP contribution is -1.84. The minimum atomic E-state index is 0.102. The topological polar surface area (TPSA) is 17.1 Å². The summed E-state index contributed by atoms with van der Waals surface area (Å²) in [5.41, 5.74) is 1.07. The molecule has 0 saturated heterocycles. The van der Waals surface area contributed by atoms with Gasteiger partial charge in [-0.1, -0.05) is 48.7 Å². The molecule has 2 aromatic rings. The van der Waals surface area contributed by atoms with Gasteiger partial charge in [-0.2, -0.15) is 0 Å². The first-order valence-electron chi connectivity index (χ1n) is 5.04. The Hall–Kier alpha value is -1.54. The Bertz CT molecular complexity index is 558. The highest BCUT2D eigenvalue weighted by Gasteiger charge is 2.03. The Kier molecular flexibility index (Phi) is 3.11. The van der Waals surface area contributed by atoms with Crippen LogP contribution in [0.5, 0.6) is 0 Å². The molecule has 0 heterocycles. The van der Waals surface area contributed by atoms with Crippen molar-refractivity contribution in [3.05, 3.63) is 48.5 Å². The molecule has 1 nitrogen and oxygen atoms in total. The van der Waals surface area contributed by atoms with Crippen molar-refractivity contribution in [2.24, 2.45) is 0 Å². The number of hydrogen-bond acceptors (Lipinski definition) is 2. The van der Waals surface area contributed by atoms with Crippen LogP contribution in [-0.4, -0.2) is 5.12 Å². The number of benzene rings is 2. The quantitative estimate of drug-likeness (QED) is 0.719. The highest BCUT2D eigenvalue weighted by molar-refractivity contribution is 8.13. The number of hydrogen-bond donors (Lipinski definition) is 0. The van der Waals surface area contributed by atoms with E-state index in [1.807, 2.05) is 36.4 Å². The van der Waals surface area contributed by atoms with Gasteiger partial charge in [0.1, 0.15) is 0 Å². The first-order valence-corrected chi connectivity index (χ1v) is 5.86. The first kappa shape index (κ1) is 11.0. The van der Waals surface area contributed by atoms with Gasteiger partial charge >= 0.3 is 0 Å². The second kappa shape index (κ2) is 4.54. The Labute approximate surface area is 99.2 Å². The molecular weight excluding hydrogens is 216 g/mol. The number of fused-ring (bicyclic) bond motifs is 1. The van der Waals surface area contributed by atoms with Crippen molar-refractivity contribution in [1.82, 2.24) is 0 Å². The molecule has 0 fully saturated rings. The molecule has 16 heavy (non-hydrogen) atoms. The summed E-state index contributed by atoms with van der Waals surface area (Å²) in [7, 11) is 0. The molecule has 0 aliphatic rings. The predicted molar refractivity (Wildman–Crippen MR) is 70.6 cm³/mol. The predicted octanol–water partition coefficient (Wildman–Crippen LogP) is 4.12. The largest absolute Gasteiger partial charge is 0.287 e. The molecule has 0 radical (unpaired) electrons. The Morgan fingerprint density at radius 3 is 2.75 bits per heavy atom. The van der Waals surface area contributed by atoms with E-state index in [0.29, 0.717) is 0 Å². The monoisotopic (exact) mass is 228 g/mol. The second-order valence-electron chi connectivity index (χ2n) is 3.53. The van der Waals surface area contributed by atoms with Crippen LogP contribution in [0.4, 0.5) is 0 Å². The van der Waals surface area contributed by atoms with Crippen LogP contribution in [0.2, 0.25) is 0 Å². The zero-order valence-corrected chi connectivity index (χ0v) is 9.88. The van der Waals surface area contributed by atoms with E-state index in [1.54, 1.807) is 6.92 Å². The van der Waals surface area contributed by atoms with Gasteiger partial charge in [0.2, 0.25) is 0 Å². The summed E-state index contributed by atoms with van der Waals surface area (Å²) < 4.78 is 0. The number of carbonyl (C=O) groups excluding carboxylic acids is 1. The third-order valence-electron chi connectivity index (χ3n) is 2.35. The lowest BCUT2D eigenvalue weighted by atomic mass is 10.0. The summed E-state index contributed by atoms with van der Waals surface area (Å²) in [5, 5.41) is 2.42. The maximum atomic E-state index is 11.1. The van der Waals surface area contributed by atoms with Gasteiger partial charge in [-0.25, -0.2) is 0 Å². The lowest BCUT2D eigenvalue weighted by molar-refractivity contribution is -0.109. The fourth-order valence-corrected chi connectivity index (χ4v) is 2.41. The molecule has 0 spiro atoms. The van der Waals surface area contributed by atoms with E-state index < -0.39 is 0 Å². The molecule has 2 heteroatoms. The van der Waals surface area contributed by atoms with Gasteiger partial charge in [-0.15, -0.1) is 0 Å². The molecule has 2 rings (SSSR count). The van der Waals surface area contributed by atoms with Crippen LogP contribution in [0.25, 0.3) is 16.8 Å². The summed E-state index contributed by atoms with van der Waals surface area (Å²) in [4.78, 5) is 12.1. The van der Waals surface area contributed by atoms with E-state index >= 15 is 0 Å². The normalized spacial score (nSPS) is 10.3. The molecule has 0 aliphatic carbocycles. The lowest BCUT2D eigenvalue weighted by Gasteiger charge is -2.05. The molecular formula is C14H12OS. The van der Waals surface area contributed by atoms with E-state index in [0.717, 1.165) is 15.8 Å². The summed E-state index contributed by atoms with van der Waals surface area (Å²) >= 11 is 1.26. The van der Waals surface area contributed by atoms with Gasteiger partial charge in [-0.05, 0) is 28.5 Å². The number of rotatable bonds is 2. The second-order valence-corrected chi connectivity index (χ2v) is 4.78. The van der Waals surface area contributed by atoms with Crippen LogP contribution >= 0.6 is 11.8 Å². The van der Waals surface area contributed by atoms with Crippen molar-refractivity contribution >= 4 is 33.7 Å². The van der Waals surface area contributed by atoms with Crippen LogP contribution in [-0.2, 0) is 4.79 Å². The van der Waals surface area contributed by atoms with Crippen molar-refractivity contribution in [3.63, 3.8) is 0 Å². The molecule has 0 atom stereocenters. The Morgan fingerprint density at radius 1 is 1.31 bits per heavy atom. The average Bonchev–Trinajstić information content (AvgIpc) is 2.27. The molecule has 0 bridgehead atoms. The molecule has 0 amide bonds. The van der Waals surface area contributed by atoms with Gasteiger partial charge in [0.15, 0.2) is 5.12 Å². The van der Waals surface area contributed by atoms with E-state index in [9.17, 15) is 4.79 Å². The van der Waals surface area contributed by atoms with Crippen LogP contribution in [0, 0.1) is 0 Å². The van der Waals surface area contributed by atoms with Crippen LogP contribution in [0.15, 0.2) is 47.9 Å². The molecule has 80 valence electrons. The molecule has 0 N–H and O–H groups in total. The molecule has 0 unspecified atom stereocenters. The summed E-state index contributed by atoms with van der Waals surface area (Å²) in [5.74, 6) is 0. The molecule has 0 aliphatic heterocycles. The number of thioether (sulfide) groups is 1. The Balaban J connectivity index is 2.63.